The van der Waals surface area contributed by atoms with Crippen molar-refractivity contribution in [3.8, 4) is 11.5 Å². The summed E-state index contributed by atoms with van der Waals surface area (Å²) in [7, 11) is 2.97. The first-order valence-corrected chi connectivity index (χ1v) is 6.56. The normalized spacial score (nSPS) is 11.9. The lowest BCUT2D eigenvalue weighted by Gasteiger charge is -2.32. The smallest absolute Gasteiger partial charge is 0.331 e. The fourth-order valence-electron chi connectivity index (χ4n) is 2.25. The largest absolute Gasteiger partial charge is 0.497 e. The molecule has 0 saturated carbocycles. The van der Waals surface area contributed by atoms with Crippen LogP contribution in [-0.2, 0) is 9.59 Å². The second-order valence-electron chi connectivity index (χ2n) is 4.91. The van der Waals surface area contributed by atoms with Gasteiger partial charge in [-0.3, -0.25) is 4.79 Å². The summed E-state index contributed by atoms with van der Waals surface area (Å²) in [5, 5.41) is 9.55. The Kier molecular flexibility index (Phi) is 5.58. The zero-order valence-corrected chi connectivity index (χ0v) is 12.9. The fraction of sp³-hybridized carbons (Fsp3) is 0.467. The van der Waals surface area contributed by atoms with Gasteiger partial charge in [-0.25, -0.2) is 4.79 Å². The van der Waals surface area contributed by atoms with E-state index in [1.807, 2.05) is 0 Å². The monoisotopic (exact) mass is 295 g/mol. The number of carboxylic acid groups (broad SMARTS) is 1. The number of methoxy groups -OCH3 is 2. The number of amides is 1. The van der Waals surface area contributed by atoms with Crippen molar-refractivity contribution in [3.05, 3.63) is 23.8 Å². The number of rotatable bonds is 6. The molecule has 6 nitrogen and oxygen atoms in total. The number of hydrogen-bond acceptors (Lipinski definition) is 4. The zero-order chi connectivity index (χ0) is 16.2. The molecule has 0 fully saturated rings. The minimum atomic E-state index is -1.10. The standard InChI is InChI=1S/C15H21NO5/c1-9(2)16(10(3)17)14(15(18)19)11-6-12(20-4)8-13(7-11)21-5/h6-9,14H,1-5H3,(H,18,19). The van der Waals surface area contributed by atoms with E-state index in [0.29, 0.717) is 17.1 Å². The van der Waals surface area contributed by atoms with Crippen molar-refractivity contribution in [2.24, 2.45) is 0 Å². The maximum absolute atomic E-state index is 11.8. The van der Waals surface area contributed by atoms with E-state index in [-0.39, 0.29) is 11.9 Å². The van der Waals surface area contributed by atoms with Crippen molar-refractivity contribution in [3.63, 3.8) is 0 Å². The number of carboxylic acids is 1. The van der Waals surface area contributed by atoms with Gasteiger partial charge in [-0.15, -0.1) is 0 Å². The van der Waals surface area contributed by atoms with Crippen LogP contribution in [0.4, 0.5) is 0 Å². The Labute approximate surface area is 124 Å². The number of ether oxygens (including phenoxy) is 2. The number of nitrogens with zero attached hydrogens (tertiary/aromatic N) is 1. The first kappa shape index (κ1) is 16.8. The highest BCUT2D eigenvalue weighted by molar-refractivity contribution is 5.84. The van der Waals surface area contributed by atoms with Crippen LogP contribution in [0.1, 0.15) is 32.4 Å². The first-order chi connectivity index (χ1) is 9.81. The molecule has 0 spiro atoms. The van der Waals surface area contributed by atoms with Gasteiger partial charge < -0.3 is 19.5 Å². The van der Waals surface area contributed by atoms with Crippen molar-refractivity contribution < 1.29 is 24.2 Å². The number of aliphatic carboxylic acids is 1. The van der Waals surface area contributed by atoms with E-state index < -0.39 is 12.0 Å². The van der Waals surface area contributed by atoms with E-state index in [1.165, 1.54) is 26.0 Å². The van der Waals surface area contributed by atoms with Gasteiger partial charge in [-0.05, 0) is 31.5 Å². The minimum Gasteiger partial charge on any atom is -0.497 e. The molecule has 0 heterocycles. The molecular formula is C15H21NO5. The van der Waals surface area contributed by atoms with Gasteiger partial charge in [-0.2, -0.15) is 0 Å². The molecule has 0 aromatic heterocycles. The Balaban J connectivity index is 3.40. The van der Waals surface area contributed by atoms with Crippen LogP contribution in [0.3, 0.4) is 0 Å². The molecule has 0 bridgehead atoms. The molecule has 1 rings (SSSR count). The third kappa shape index (κ3) is 3.87. The Morgan fingerprint density at radius 2 is 1.57 bits per heavy atom. The summed E-state index contributed by atoms with van der Waals surface area (Å²) in [4.78, 5) is 24.8. The molecule has 116 valence electrons. The molecule has 0 aliphatic heterocycles. The van der Waals surface area contributed by atoms with Crippen LogP contribution in [-0.4, -0.2) is 42.1 Å². The summed E-state index contributed by atoms with van der Waals surface area (Å²) >= 11 is 0. The van der Waals surface area contributed by atoms with Gasteiger partial charge >= 0.3 is 5.97 Å². The topological polar surface area (TPSA) is 76.1 Å². The predicted octanol–water partition coefficient (Wildman–Crippen LogP) is 2.09. The van der Waals surface area contributed by atoms with Crippen LogP contribution >= 0.6 is 0 Å². The quantitative estimate of drug-likeness (QED) is 0.869. The molecule has 21 heavy (non-hydrogen) atoms. The Hall–Kier alpha value is -2.24. The minimum absolute atomic E-state index is 0.249. The second kappa shape index (κ2) is 6.97. The van der Waals surface area contributed by atoms with Crippen molar-refractivity contribution in [1.29, 1.82) is 0 Å². The third-order valence-electron chi connectivity index (χ3n) is 3.12. The van der Waals surface area contributed by atoms with Crippen molar-refractivity contribution >= 4 is 11.9 Å². The van der Waals surface area contributed by atoms with Crippen LogP contribution in [0.5, 0.6) is 11.5 Å². The lowest BCUT2D eigenvalue weighted by molar-refractivity contribution is -0.151. The zero-order valence-electron chi connectivity index (χ0n) is 12.9. The van der Waals surface area contributed by atoms with E-state index in [9.17, 15) is 14.7 Å². The summed E-state index contributed by atoms with van der Waals surface area (Å²) in [6, 6.07) is 3.50. The Morgan fingerprint density at radius 1 is 1.10 bits per heavy atom. The van der Waals surface area contributed by atoms with Crippen LogP contribution in [0.15, 0.2) is 18.2 Å². The predicted molar refractivity (Wildman–Crippen MR) is 77.6 cm³/mol. The molecule has 0 radical (unpaired) electrons. The van der Waals surface area contributed by atoms with Gasteiger partial charge in [0.05, 0.1) is 14.2 Å². The molecule has 1 N–H and O–H groups in total. The van der Waals surface area contributed by atoms with Crippen LogP contribution in [0, 0.1) is 0 Å². The SMILES string of the molecule is COc1cc(OC)cc(C(C(=O)O)N(C(C)=O)C(C)C)c1. The summed E-state index contributed by atoms with van der Waals surface area (Å²) in [6.45, 7) is 4.90. The highest BCUT2D eigenvalue weighted by Crippen LogP contribution is 2.31. The molecule has 1 atom stereocenters. The lowest BCUT2D eigenvalue weighted by Crippen LogP contribution is -2.42. The number of carbonyl (C=O) groups excluding carboxylic acids is 1. The maximum Gasteiger partial charge on any atom is 0.331 e. The molecule has 1 aromatic carbocycles. The van der Waals surface area contributed by atoms with Crippen LogP contribution < -0.4 is 9.47 Å². The van der Waals surface area contributed by atoms with Crippen molar-refractivity contribution in [1.82, 2.24) is 4.90 Å². The Bertz CT molecular complexity index is 505. The summed E-state index contributed by atoms with van der Waals surface area (Å²) in [5.74, 6) is -0.459. The summed E-state index contributed by atoms with van der Waals surface area (Å²) < 4.78 is 10.3. The van der Waals surface area contributed by atoms with Gasteiger partial charge in [0.15, 0.2) is 6.04 Å². The molecule has 6 heteroatoms. The van der Waals surface area contributed by atoms with Crippen LogP contribution in [0.25, 0.3) is 0 Å². The van der Waals surface area contributed by atoms with E-state index in [2.05, 4.69) is 0 Å². The average Bonchev–Trinajstić information content (AvgIpc) is 2.42. The maximum atomic E-state index is 11.8. The summed E-state index contributed by atoms with van der Waals surface area (Å²) in [5.41, 5.74) is 0.433. The van der Waals surface area contributed by atoms with Gasteiger partial charge in [-0.1, -0.05) is 0 Å². The van der Waals surface area contributed by atoms with E-state index in [4.69, 9.17) is 9.47 Å². The second-order valence-corrected chi connectivity index (χ2v) is 4.91. The number of carbonyl (C=O) groups is 2. The lowest BCUT2D eigenvalue weighted by atomic mass is 10.0. The molecular weight excluding hydrogens is 274 g/mol. The van der Waals surface area contributed by atoms with Gasteiger partial charge in [0, 0.05) is 19.0 Å². The third-order valence-corrected chi connectivity index (χ3v) is 3.12. The summed E-state index contributed by atoms with van der Waals surface area (Å²) in [6.07, 6.45) is 0. The van der Waals surface area contributed by atoms with Crippen molar-refractivity contribution in [2.75, 3.05) is 14.2 Å². The van der Waals surface area contributed by atoms with E-state index in [0.717, 1.165) is 0 Å². The molecule has 0 aliphatic carbocycles. The van der Waals surface area contributed by atoms with Crippen LogP contribution in [0.2, 0.25) is 0 Å². The molecule has 1 aromatic rings. The van der Waals surface area contributed by atoms with E-state index >= 15 is 0 Å². The van der Waals surface area contributed by atoms with Gasteiger partial charge in [0.2, 0.25) is 5.91 Å². The fourth-order valence-corrected chi connectivity index (χ4v) is 2.25. The highest BCUT2D eigenvalue weighted by atomic mass is 16.5. The van der Waals surface area contributed by atoms with Crippen molar-refractivity contribution in [2.45, 2.75) is 32.9 Å². The number of benzene rings is 1. The molecule has 1 unspecified atom stereocenters. The first-order valence-electron chi connectivity index (χ1n) is 6.56. The van der Waals surface area contributed by atoms with Gasteiger partial charge in [0.1, 0.15) is 11.5 Å². The molecule has 1 amide bonds. The highest BCUT2D eigenvalue weighted by Gasteiger charge is 2.32. The molecule has 0 aliphatic rings. The Morgan fingerprint density at radius 3 is 1.86 bits per heavy atom. The number of hydrogen-bond donors (Lipinski definition) is 1. The van der Waals surface area contributed by atoms with Gasteiger partial charge in [0.25, 0.3) is 0 Å². The molecule has 0 saturated heterocycles. The average molecular weight is 295 g/mol. The van der Waals surface area contributed by atoms with E-state index in [1.54, 1.807) is 32.0 Å².